The summed E-state index contributed by atoms with van der Waals surface area (Å²) in [5.74, 6) is 0.0738. The van der Waals surface area contributed by atoms with E-state index in [2.05, 4.69) is 5.32 Å². The van der Waals surface area contributed by atoms with E-state index in [0.29, 0.717) is 29.4 Å². The maximum atomic E-state index is 11.7. The van der Waals surface area contributed by atoms with Crippen LogP contribution in [-0.4, -0.2) is 24.1 Å². The summed E-state index contributed by atoms with van der Waals surface area (Å²) in [4.78, 5) is 25.1. The van der Waals surface area contributed by atoms with Crippen molar-refractivity contribution in [1.82, 2.24) is 0 Å². The minimum atomic E-state index is -0.560. The summed E-state index contributed by atoms with van der Waals surface area (Å²) in [6, 6.07) is 5.06. The Kier molecular flexibility index (Phi) is 4.42. The molecule has 1 aliphatic rings. The number of halogens is 1. The zero-order valence-corrected chi connectivity index (χ0v) is 13.2. The van der Waals surface area contributed by atoms with Gasteiger partial charge in [-0.3, -0.25) is 10.1 Å². The second kappa shape index (κ2) is 5.93. The third kappa shape index (κ3) is 4.11. The molecule has 1 aliphatic heterocycles. The fourth-order valence-corrected chi connectivity index (χ4v) is 2.41. The fraction of sp³-hybridized carbons (Fsp3) is 0.467. The quantitative estimate of drug-likeness (QED) is 0.903. The largest absolute Gasteiger partial charge is 0.444 e. The van der Waals surface area contributed by atoms with Crippen LogP contribution >= 0.6 is 11.6 Å². The first-order chi connectivity index (χ1) is 9.76. The molecule has 0 saturated carbocycles. The maximum absolute atomic E-state index is 11.7. The number of nitrogens with zero attached hydrogens (tertiary/aromatic N) is 1. The van der Waals surface area contributed by atoms with Gasteiger partial charge in [0.2, 0.25) is 5.91 Å². The van der Waals surface area contributed by atoms with Gasteiger partial charge in [-0.2, -0.15) is 0 Å². The Morgan fingerprint density at radius 2 is 2.10 bits per heavy atom. The topological polar surface area (TPSA) is 58.6 Å². The fourth-order valence-electron chi connectivity index (χ4n) is 2.13. The van der Waals surface area contributed by atoms with Gasteiger partial charge in [-0.25, -0.2) is 4.79 Å². The molecule has 2 amide bonds. The molecule has 6 heteroatoms. The average molecular weight is 311 g/mol. The zero-order valence-electron chi connectivity index (χ0n) is 12.4. The van der Waals surface area contributed by atoms with Crippen LogP contribution < -0.4 is 10.2 Å². The predicted octanol–water partition coefficient (Wildman–Crippen LogP) is 3.81. The van der Waals surface area contributed by atoms with Crippen LogP contribution in [0, 0.1) is 0 Å². The van der Waals surface area contributed by atoms with E-state index in [1.165, 1.54) is 0 Å². The van der Waals surface area contributed by atoms with Crippen molar-refractivity contribution in [2.24, 2.45) is 0 Å². The van der Waals surface area contributed by atoms with Crippen LogP contribution in [0.3, 0.4) is 0 Å². The SMILES string of the molecule is CC(C)(C)OC(=O)Nc1ccc(N2CCCC2=O)c(Cl)c1. The van der Waals surface area contributed by atoms with E-state index in [0.717, 1.165) is 6.42 Å². The molecule has 0 unspecified atom stereocenters. The second-order valence-corrected chi connectivity index (χ2v) is 6.35. The average Bonchev–Trinajstić information content (AvgIpc) is 2.73. The van der Waals surface area contributed by atoms with Gasteiger partial charge in [0, 0.05) is 18.7 Å². The summed E-state index contributed by atoms with van der Waals surface area (Å²) in [5.41, 5.74) is 0.647. The molecule has 1 saturated heterocycles. The van der Waals surface area contributed by atoms with E-state index < -0.39 is 11.7 Å². The molecule has 1 heterocycles. The number of benzene rings is 1. The van der Waals surface area contributed by atoms with E-state index in [4.69, 9.17) is 16.3 Å². The first kappa shape index (κ1) is 15.6. The monoisotopic (exact) mass is 310 g/mol. The smallest absolute Gasteiger partial charge is 0.412 e. The van der Waals surface area contributed by atoms with Gasteiger partial charge in [0.25, 0.3) is 0 Å². The van der Waals surface area contributed by atoms with Gasteiger partial charge < -0.3 is 9.64 Å². The number of amides is 2. The van der Waals surface area contributed by atoms with Crippen molar-refractivity contribution in [3.8, 4) is 0 Å². The van der Waals surface area contributed by atoms with Gasteiger partial charge in [0.1, 0.15) is 5.60 Å². The highest BCUT2D eigenvalue weighted by atomic mass is 35.5. The van der Waals surface area contributed by atoms with Gasteiger partial charge in [-0.15, -0.1) is 0 Å². The van der Waals surface area contributed by atoms with Crippen molar-refractivity contribution >= 4 is 35.0 Å². The van der Waals surface area contributed by atoms with Crippen molar-refractivity contribution in [3.05, 3.63) is 23.2 Å². The Labute approximate surface area is 129 Å². The van der Waals surface area contributed by atoms with Crippen LogP contribution in [0.1, 0.15) is 33.6 Å². The van der Waals surface area contributed by atoms with Gasteiger partial charge >= 0.3 is 6.09 Å². The zero-order chi connectivity index (χ0) is 15.6. The van der Waals surface area contributed by atoms with E-state index in [1.807, 2.05) is 0 Å². The van der Waals surface area contributed by atoms with E-state index in [-0.39, 0.29) is 5.91 Å². The molecule has 21 heavy (non-hydrogen) atoms. The van der Waals surface area contributed by atoms with Crippen LogP contribution in [0.25, 0.3) is 0 Å². The van der Waals surface area contributed by atoms with Gasteiger partial charge in [-0.05, 0) is 45.4 Å². The molecule has 0 aromatic heterocycles. The number of hydrogen-bond acceptors (Lipinski definition) is 3. The number of anilines is 2. The molecule has 1 N–H and O–H groups in total. The predicted molar refractivity (Wildman–Crippen MR) is 82.9 cm³/mol. The summed E-state index contributed by atoms with van der Waals surface area (Å²) in [7, 11) is 0. The van der Waals surface area contributed by atoms with Crippen LogP contribution in [0.5, 0.6) is 0 Å². The molecule has 0 atom stereocenters. The molecule has 114 valence electrons. The molecule has 0 bridgehead atoms. The summed E-state index contributed by atoms with van der Waals surface area (Å²) < 4.78 is 5.17. The third-order valence-corrected chi connectivity index (χ3v) is 3.26. The van der Waals surface area contributed by atoms with E-state index in [9.17, 15) is 9.59 Å². The molecular weight excluding hydrogens is 292 g/mol. The Morgan fingerprint density at radius 1 is 1.38 bits per heavy atom. The Morgan fingerprint density at radius 3 is 2.62 bits per heavy atom. The Hall–Kier alpha value is -1.75. The van der Waals surface area contributed by atoms with Gasteiger partial charge in [0.15, 0.2) is 0 Å². The number of carbonyl (C=O) groups is 2. The molecule has 0 radical (unpaired) electrons. The summed E-state index contributed by atoms with van der Waals surface area (Å²) in [6.07, 6.45) is 0.852. The summed E-state index contributed by atoms with van der Waals surface area (Å²) >= 11 is 6.21. The van der Waals surface area contributed by atoms with E-state index >= 15 is 0 Å². The maximum Gasteiger partial charge on any atom is 0.412 e. The lowest BCUT2D eigenvalue weighted by Crippen LogP contribution is -2.27. The molecule has 2 rings (SSSR count). The highest BCUT2D eigenvalue weighted by Crippen LogP contribution is 2.31. The minimum absolute atomic E-state index is 0.0738. The highest BCUT2D eigenvalue weighted by molar-refractivity contribution is 6.34. The number of carbonyl (C=O) groups excluding carboxylic acids is 2. The third-order valence-electron chi connectivity index (χ3n) is 2.96. The van der Waals surface area contributed by atoms with Gasteiger partial charge in [-0.1, -0.05) is 11.6 Å². The van der Waals surface area contributed by atoms with Crippen molar-refractivity contribution in [2.45, 2.75) is 39.2 Å². The standard InChI is InChI=1S/C15H19ClN2O3/c1-15(2,3)21-14(20)17-10-6-7-12(11(16)9-10)18-8-4-5-13(18)19/h6-7,9H,4-5,8H2,1-3H3,(H,17,20). The lowest BCUT2D eigenvalue weighted by atomic mass is 10.2. The van der Waals surface area contributed by atoms with E-state index in [1.54, 1.807) is 43.9 Å². The van der Waals surface area contributed by atoms with Crippen LogP contribution in [0.2, 0.25) is 5.02 Å². The highest BCUT2D eigenvalue weighted by Gasteiger charge is 2.24. The molecule has 1 aromatic rings. The number of hydrogen-bond donors (Lipinski definition) is 1. The van der Waals surface area contributed by atoms with Crippen molar-refractivity contribution < 1.29 is 14.3 Å². The first-order valence-electron chi connectivity index (χ1n) is 6.86. The minimum Gasteiger partial charge on any atom is -0.444 e. The number of ether oxygens (including phenoxy) is 1. The summed E-state index contributed by atoms with van der Waals surface area (Å²) in [5, 5.41) is 3.05. The normalized spacial score (nSPS) is 15.2. The van der Waals surface area contributed by atoms with Crippen molar-refractivity contribution in [1.29, 1.82) is 0 Å². The molecule has 0 aliphatic carbocycles. The molecule has 1 aromatic carbocycles. The summed E-state index contributed by atoms with van der Waals surface area (Å²) in [6.45, 7) is 6.06. The lowest BCUT2D eigenvalue weighted by Gasteiger charge is -2.20. The van der Waals surface area contributed by atoms with Gasteiger partial charge in [0.05, 0.1) is 10.7 Å². The van der Waals surface area contributed by atoms with Crippen molar-refractivity contribution in [3.63, 3.8) is 0 Å². The first-order valence-corrected chi connectivity index (χ1v) is 7.24. The van der Waals surface area contributed by atoms with Crippen LogP contribution in [0.4, 0.5) is 16.2 Å². The number of rotatable bonds is 2. The number of nitrogens with one attached hydrogen (secondary N) is 1. The molecule has 5 nitrogen and oxygen atoms in total. The van der Waals surface area contributed by atoms with Crippen molar-refractivity contribution in [2.75, 3.05) is 16.8 Å². The Bertz CT molecular complexity index is 567. The molecule has 1 fully saturated rings. The van der Waals surface area contributed by atoms with Crippen LogP contribution in [0.15, 0.2) is 18.2 Å². The molecular formula is C15H19ClN2O3. The lowest BCUT2D eigenvalue weighted by molar-refractivity contribution is -0.117. The second-order valence-electron chi connectivity index (χ2n) is 5.94. The molecule has 0 spiro atoms. The Balaban J connectivity index is 2.09. The van der Waals surface area contributed by atoms with Crippen LogP contribution in [-0.2, 0) is 9.53 Å².